The maximum absolute atomic E-state index is 11.4. The number of nitrogens with two attached hydrogens (primary N) is 1. The summed E-state index contributed by atoms with van der Waals surface area (Å²) in [4.78, 5) is 13.0. The van der Waals surface area contributed by atoms with Gasteiger partial charge in [0.2, 0.25) is 0 Å². The Labute approximate surface area is 123 Å². The normalized spacial score (nSPS) is 12.1. The van der Waals surface area contributed by atoms with Crippen molar-refractivity contribution in [2.45, 2.75) is 25.8 Å². The molecule has 0 aliphatic carbocycles. The Morgan fingerprint density at radius 2 is 2.16 bits per heavy atom. The van der Waals surface area contributed by atoms with Crippen LogP contribution in [0, 0.1) is 0 Å². The number of ether oxygens (including phenoxy) is 1. The van der Waals surface area contributed by atoms with Gasteiger partial charge in [-0.15, -0.1) is 0 Å². The first-order valence-electron chi connectivity index (χ1n) is 6.31. The zero-order chi connectivity index (χ0) is 14.4. The van der Waals surface area contributed by atoms with Crippen molar-refractivity contribution in [1.82, 2.24) is 4.90 Å². The van der Waals surface area contributed by atoms with Gasteiger partial charge in [0.05, 0.1) is 4.47 Å². The van der Waals surface area contributed by atoms with Gasteiger partial charge in [0.1, 0.15) is 5.75 Å². The van der Waals surface area contributed by atoms with Crippen molar-refractivity contribution < 1.29 is 9.53 Å². The zero-order valence-corrected chi connectivity index (χ0v) is 13.2. The van der Waals surface area contributed by atoms with Crippen molar-refractivity contribution in [2.75, 3.05) is 20.7 Å². The average Bonchev–Trinajstić information content (AvgIpc) is 2.37. The maximum Gasteiger partial charge on any atom is 0.259 e. The monoisotopic (exact) mass is 328 g/mol. The predicted molar refractivity (Wildman–Crippen MR) is 80.3 cm³/mol. The van der Waals surface area contributed by atoms with Gasteiger partial charge < -0.3 is 15.4 Å². The van der Waals surface area contributed by atoms with E-state index >= 15 is 0 Å². The molecule has 0 aromatic heterocycles. The number of amides is 1. The molecule has 1 unspecified atom stereocenters. The second-order valence-corrected chi connectivity index (χ2v) is 5.57. The first-order valence-corrected chi connectivity index (χ1v) is 7.10. The molecule has 5 heteroatoms. The quantitative estimate of drug-likeness (QED) is 0.870. The van der Waals surface area contributed by atoms with Crippen LogP contribution in [0.4, 0.5) is 0 Å². The predicted octanol–water partition coefficient (Wildman–Crippen LogP) is 2.20. The Balaban J connectivity index is 2.64. The second kappa shape index (κ2) is 7.50. The van der Waals surface area contributed by atoms with Crippen molar-refractivity contribution >= 4 is 21.8 Å². The molecule has 2 N–H and O–H groups in total. The van der Waals surface area contributed by atoms with Crippen LogP contribution in [0.1, 0.15) is 18.9 Å². The Bertz CT molecular complexity index is 435. The first kappa shape index (κ1) is 16.0. The molecule has 1 aromatic carbocycles. The van der Waals surface area contributed by atoms with Crippen molar-refractivity contribution in [3.05, 3.63) is 28.2 Å². The Morgan fingerprint density at radius 3 is 2.68 bits per heavy atom. The molecule has 0 bridgehead atoms. The Kier molecular flexibility index (Phi) is 6.31. The smallest absolute Gasteiger partial charge is 0.259 e. The highest BCUT2D eigenvalue weighted by atomic mass is 79.9. The van der Waals surface area contributed by atoms with E-state index in [1.165, 1.54) is 4.90 Å². The van der Waals surface area contributed by atoms with Gasteiger partial charge in [0, 0.05) is 20.1 Å². The minimum absolute atomic E-state index is 0.0411. The van der Waals surface area contributed by atoms with Gasteiger partial charge in [-0.2, -0.15) is 0 Å². The number of carbonyl (C=O) groups excluding carboxylic acids is 1. The summed E-state index contributed by atoms with van der Waals surface area (Å²) >= 11 is 3.46. The highest BCUT2D eigenvalue weighted by Gasteiger charge is 2.09. The van der Waals surface area contributed by atoms with Gasteiger partial charge in [-0.1, -0.05) is 13.0 Å². The van der Waals surface area contributed by atoms with Crippen molar-refractivity contribution in [1.29, 1.82) is 0 Å². The van der Waals surface area contributed by atoms with Gasteiger partial charge in [-0.25, -0.2) is 0 Å². The van der Waals surface area contributed by atoms with Crippen molar-refractivity contribution in [3.8, 4) is 5.75 Å². The minimum Gasteiger partial charge on any atom is -0.483 e. The number of halogens is 1. The lowest BCUT2D eigenvalue weighted by molar-refractivity contribution is -0.130. The van der Waals surface area contributed by atoms with Crippen LogP contribution in [-0.2, 0) is 11.2 Å². The summed E-state index contributed by atoms with van der Waals surface area (Å²) in [6.07, 6.45) is 1.79. The van der Waals surface area contributed by atoms with E-state index in [1.807, 2.05) is 18.2 Å². The lowest BCUT2D eigenvalue weighted by atomic mass is 10.0. The molecule has 1 amide bonds. The average molecular weight is 329 g/mol. The van der Waals surface area contributed by atoms with Crippen LogP contribution >= 0.6 is 15.9 Å². The van der Waals surface area contributed by atoms with Gasteiger partial charge in [-0.3, -0.25) is 4.79 Å². The van der Waals surface area contributed by atoms with Crippen LogP contribution in [-0.4, -0.2) is 37.6 Å². The maximum atomic E-state index is 11.4. The Hall–Kier alpha value is -1.07. The van der Waals surface area contributed by atoms with Crippen LogP contribution in [0.15, 0.2) is 22.7 Å². The molecule has 1 aromatic rings. The van der Waals surface area contributed by atoms with Gasteiger partial charge in [-0.05, 0) is 46.5 Å². The number of likely N-dealkylation sites (N-methyl/N-ethyl adjacent to an activating group) is 1. The van der Waals surface area contributed by atoms with E-state index in [4.69, 9.17) is 10.5 Å². The second-order valence-electron chi connectivity index (χ2n) is 4.71. The summed E-state index contributed by atoms with van der Waals surface area (Å²) in [5.74, 6) is 0.605. The van der Waals surface area contributed by atoms with E-state index in [2.05, 4.69) is 22.9 Å². The summed E-state index contributed by atoms with van der Waals surface area (Å²) in [5, 5.41) is 0. The third-order valence-corrected chi connectivity index (χ3v) is 3.49. The standard InChI is InChI=1S/C14H21BrN2O2/c1-4-11(16)7-10-5-6-13(12(15)8-10)19-9-14(18)17(2)3/h5-6,8,11H,4,7,9,16H2,1-3H3. The molecule has 0 radical (unpaired) electrons. The summed E-state index contributed by atoms with van der Waals surface area (Å²) in [5.41, 5.74) is 7.09. The van der Waals surface area contributed by atoms with E-state index < -0.39 is 0 Å². The molecule has 0 saturated heterocycles. The highest BCUT2D eigenvalue weighted by Crippen LogP contribution is 2.26. The first-order chi connectivity index (χ1) is 8.93. The summed E-state index contributed by atoms with van der Waals surface area (Å²) in [7, 11) is 3.41. The fourth-order valence-electron chi connectivity index (χ4n) is 1.50. The van der Waals surface area contributed by atoms with Gasteiger partial charge in [0.15, 0.2) is 6.61 Å². The number of rotatable bonds is 6. The molecular formula is C14H21BrN2O2. The molecule has 1 atom stereocenters. The van der Waals surface area contributed by atoms with Crippen LogP contribution in [0.5, 0.6) is 5.75 Å². The summed E-state index contributed by atoms with van der Waals surface area (Å²) in [6, 6.07) is 6.01. The number of nitrogens with zero attached hydrogens (tertiary/aromatic N) is 1. The third-order valence-electron chi connectivity index (χ3n) is 2.87. The molecule has 0 heterocycles. The van der Waals surface area contributed by atoms with Gasteiger partial charge >= 0.3 is 0 Å². The highest BCUT2D eigenvalue weighted by molar-refractivity contribution is 9.10. The molecule has 106 valence electrons. The Morgan fingerprint density at radius 1 is 1.47 bits per heavy atom. The molecular weight excluding hydrogens is 308 g/mol. The number of hydrogen-bond acceptors (Lipinski definition) is 3. The van der Waals surface area contributed by atoms with Gasteiger partial charge in [0.25, 0.3) is 5.91 Å². The van der Waals surface area contributed by atoms with Crippen molar-refractivity contribution in [3.63, 3.8) is 0 Å². The van der Waals surface area contributed by atoms with Crippen LogP contribution in [0.2, 0.25) is 0 Å². The topological polar surface area (TPSA) is 55.6 Å². The minimum atomic E-state index is -0.0658. The van der Waals surface area contributed by atoms with Crippen LogP contribution < -0.4 is 10.5 Å². The van der Waals surface area contributed by atoms with Crippen LogP contribution in [0.3, 0.4) is 0 Å². The largest absolute Gasteiger partial charge is 0.483 e. The number of carbonyl (C=O) groups is 1. The molecule has 19 heavy (non-hydrogen) atoms. The lowest BCUT2D eigenvalue weighted by Crippen LogP contribution is -2.27. The molecule has 0 aliphatic heterocycles. The SMILES string of the molecule is CCC(N)Cc1ccc(OCC(=O)N(C)C)c(Br)c1. The summed E-state index contributed by atoms with van der Waals surface area (Å²) in [6.45, 7) is 2.11. The molecule has 0 spiro atoms. The van der Waals surface area contributed by atoms with E-state index in [0.717, 1.165) is 22.9 Å². The number of benzene rings is 1. The molecule has 0 aliphatic rings. The fraction of sp³-hybridized carbons (Fsp3) is 0.500. The van der Waals surface area contributed by atoms with Crippen molar-refractivity contribution in [2.24, 2.45) is 5.73 Å². The third kappa shape index (κ3) is 5.20. The van der Waals surface area contributed by atoms with E-state index in [9.17, 15) is 4.79 Å². The summed E-state index contributed by atoms with van der Waals surface area (Å²) < 4.78 is 6.32. The molecule has 1 rings (SSSR count). The van der Waals surface area contributed by atoms with E-state index in [1.54, 1.807) is 14.1 Å². The zero-order valence-electron chi connectivity index (χ0n) is 11.6. The van der Waals surface area contributed by atoms with E-state index in [0.29, 0.717) is 5.75 Å². The fourth-order valence-corrected chi connectivity index (χ4v) is 2.04. The lowest BCUT2D eigenvalue weighted by Gasteiger charge is -2.14. The molecule has 4 nitrogen and oxygen atoms in total. The molecule has 0 saturated carbocycles. The number of hydrogen-bond donors (Lipinski definition) is 1. The van der Waals surface area contributed by atoms with Crippen LogP contribution in [0.25, 0.3) is 0 Å². The molecule has 0 fully saturated rings. The van der Waals surface area contributed by atoms with E-state index in [-0.39, 0.29) is 18.6 Å².